The van der Waals surface area contributed by atoms with Crippen LogP contribution in [0.3, 0.4) is 0 Å². The standard InChI is InChI=1S/C24H24FN5O2/c1-32-18-7-9-21-16(13-18)10-12-29(21)15-23(31)26-20-14-17(6-8-19(20)25)24-28-27-22-5-3-2-4-11-30(22)24/h6-10,12-14H,2-5,11,15H2,1H3,(H,26,31). The van der Waals surface area contributed by atoms with Crippen LogP contribution in [0.25, 0.3) is 22.3 Å². The third-order valence-electron chi connectivity index (χ3n) is 5.90. The summed E-state index contributed by atoms with van der Waals surface area (Å²) in [5.74, 6) is 1.63. The number of nitrogens with zero attached hydrogens (tertiary/aromatic N) is 4. The SMILES string of the molecule is COc1ccc2c(ccn2CC(=O)Nc2cc(-c3nnc4n3CCCCC4)ccc2F)c1. The largest absolute Gasteiger partial charge is 0.497 e. The zero-order valence-electron chi connectivity index (χ0n) is 17.8. The maximum atomic E-state index is 14.5. The van der Waals surface area contributed by atoms with Gasteiger partial charge in [0.1, 0.15) is 23.9 Å². The molecule has 0 atom stereocenters. The minimum atomic E-state index is -0.486. The molecule has 0 saturated heterocycles. The first-order valence-electron chi connectivity index (χ1n) is 10.8. The topological polar surface area (TPSA) is 74.0 Å². The van der Waals surface area contributed by atoms with E-state index in [1.54, 1.807) is 19.2 Å². The Hall–Kier alpha value is -3.68. The van der Waals surface area contributed by atoms with Crippen molar-refractivity contribution in [3.8, 4) is 17.1 Å². The summed E-state index contributed by atoms with van der Waals surface area (Å²) in [6.45, 7) is 0.919. The fraction of sp³-hybridized carbons (Fsp3) is 0.292. The minimum absolute atomic E-state index is 0.0693. The number of benzene rings is 2. The summed E-state index contributed by atoms with van der Waals surface area (Å²) >= 11 is 0. The fourth-order valence-corrected chi connectivity index (χ4v) is 4.25. The first kappa shape index (κ1) is 20.2. The van der Waals surface area contributed by atoms with Crippen LogP contribution in [0.4, 0.5) is 10.1 Å². The van der Waals surface area contributed by atoms with Crippen LogP contribution in [0.2, 0.25) is 0 Å². The van der Waals surface area contributed by atoms with Gasteiger partial charge in [0.15, 0.2) is 5.82 Å². The number of nitrogens with one attached hydrogen (secondary N) is 1. The van der Waals surface area contributed by atoms with Crippen molar-refractivity contribution < 1.29 is 13.9 Å². The van der Waals surface area contributed by atoms with Crippen LogP contribution in [0.1, 0.15) is 25.1 Å². The third kappa shape index (κ3) is 3.84. The lowest BCUT2D eigenvalue weighted by molar-refractivity contribution is -0.116. The molecule has 0 saturated carbocycles. The van der Waals surface area contributed by atoms with E-state index in [1.807, 2.05) is 35.0 Å². The molecule has 0 aliphatic carbocycles. The molecule has 1 N–H and O–H groups in total. The van der Waals surface area contributed by atoms with Crippen molar-refractivity contribution in [1.82, 2.24) is 19.3 Å². The molecule has 5 rings (SSSR count). The van der Waals surface area contributed by atoms with Crippen molar-refractivity contribution in [2.24, 2.45) is 0 Å². The van der Waals surface area contributed by atoms with E-state index in [-0.39, 0.29) is 18.1 Å². The van der Waals surface area contributed by atoms with Crippen LogP contribution in [0, 0.1) is 5.82 Å². The Balaban J connectivity index is 1.37. The van der Waals surface area contributed by atoms with E-state index in [0.717, 1.165) is 60.3 Å². The molecule has 2 aromatic carbocycles. The number of ether oxygens (including phenoxy) is 1. The molecule has 4 aromatic rings. The molecule has 1 aliphatic heterocycles. The number of rotatable bonds is 5. The molecule has 8 heteroatoms. The Morgan fingerprint density at radius 2 is 2.03 bits per heavy atom. The molecule has 1 amide bonds. The third-order valence-corrected chi connectivity index (χ3v) is 5.90. The second kappa shape index (κ2) is 8.45. The number of hydrogen-bond acceptors (Lipinski definition) is 4. The van der Waals surface area contributed by atoms with Gasteiger partial charge in [0.2, 0.25) is 5.91 Å². The van der Waals surface area contributed by atoms with Gasteiger partial charge in [-0.15, -0.1) is 10.2 Å². The van der Waals surface area contributed by atoms with E-state index >= 15 is 0 Å². The molecule has 164 valence electrons. The van der Waals surface area contributed by atoms with Crippen molar-refractivity contribution in [1.29, 1.82) is 0 Å². The number of aryl methyl sites for hydroxylation is 1. The van der Waals surface area contributed by atoms with Gasteiger partial charge in [-0.3, -0.25) is 4.79 Å². The van der Waals surface area contributed by atoms with Crippen LogP contribution in [0.5, 0.6) is 5.75 Å². The number of anilines is 1. The highest BCUT2D eigenvalue weighted by Gasteiger charge is 2.18. The van der Waals surface area contributed by atoms with Crippen LogP contribution < -0.4 is 10.1 Å². The van der Waals surface area contributed by atoms with Crippen molar-refractivity contribution in [3.05, 3.63) is 60.3 Å². The summed E-state index contributed by atoms with van der Waals surface area (Å²) in [5, 5.41) is 12.3. The monoisotopic (exact) mass is 433 g/mol. The Labute approximate surface area is 184 Å². The fourth-order valence-electron chi connectivity index (χ4n) is 4.25. The maximum absolute atomic E-state index is 14.5. The van der Waals surface area contributed by atoms with Crippen LogP contribution in [-0.4, -0.2) is 32.3 Å². The van der Waals surface area contributed by atoms with Crippen molar-refractivity contribution in [3.63, 3.8) is 0 Å². The van der Waals surface area contributed by atoms with Gasteiger partial charge in [-0.25, -0.2) is 4.39 Å². The average Bonchev–Trinajstić information content (AvgIpc) is 3.31. The van der Waals surface area contributed by atoms with E-state index in [9.17, 15) is 9.18 Å². The summed E-state index contributed by atoms with van der Waals surface area (Å²) in [7, 11) is 1.62. The molecule has 1 aliphatic rings. The van der Waals surface area contributed by atoms with Gasteiger partial charge < -0.3 is 19.2 Å². The number of hydrogen-bond donors (Lipinski definition) is 1. The molecule has 0 bridgehead atoms. The van der Waals surface area contributed by atoms with Gasteiger partial charge in [-0.2, -0.15) is 0 Å². The van der Waals surface area contributed by atoms with Gasteiger partial charge >= 0.3 is 0 Å². The lowest BCUT2D eigenvalue weighted by Crippen LogP contribution is -2.19. The number of halogens is 1. The Bertz CT molecular complexity index is 1290. The second-order valence-electron chi connectivity index (χ2n) is 8.01. The number of carbonyl (C=O) groups is 1. The summed E-state index contributed by atoms with van der Waals surface area (Å²) in [4.78, 5) is 12.7. The predicted molar refractivity (Wildman–Crippen MR) is 120 cm³/mol. The average molecular weight is 433 g/mol. The molecule has 0 radical (unpaired) electrons. The quantitative estimate of drug-likeness (QED) is 0.506. The van der Waals surface area contributed by atoms with Gasteiger partial charge in [0.25, 0.3) is 0 Å². The molecular formula is C24H24FN5O2. The number of fused-ring (bicyclic) bond motifs is 2. The van der Waals surface area contributed by atoms with Crippen LogP contribution in [0.15, 0.2) is 48.7 Å². The van der Waals surface area contributed by atoms with E-state index in [2.05, 4.69) is 20.1 Å². The highest BCUT2D eigenvalue weighted by molar-refractivity contribution is 5.93. The number of carbonyl (C=O) groups excluding carboxylic acids is 1. The van der Waals surface area contributed by atoms with E-state index in [0.29, 0.717) is 5.82 Å². The Morgan fingerprint density at radius 1 is 1.12 bits per heavy atom. The van der Waals surface area contributed by atoms with Crippen LogP contribution >= 0.6 is 0 Å². The number of methoxy groups -OCH3 is 1. The van der Waals surface area contributed by atoms with E-state index < -0.39 is 5.82 Å². The van der Waals surface area contributed by atoms with Gasteiger partial charge in [-0.1, -0.05) is 6.42 Å². The van der Waals surface area contributed by atoms with Crippen molar-refractivity contribution >= 4 is 22.5 Å². The summed E-state index contributed by atoms with van der Waals surface area (Å²) < 4.78 is 23.7. The molecule has 0 spiro atoms. The molecule has 2 aromatic heterocycles. The highest BCUT2D eigenvalue weighted by Crippen LogP contribution is 2.27. The smallest absolute Gasteiger partial charge is 0.244 e. The highest BCUT2D eigenvalue weighted by atomic mass is 19.1. The van der Waals surface area contributed by atoms with Crippen LogP contribution in [-0.2, 0) is 24.3 Å². The summed E-state index contributed by atoms with van der Waals surface area (Å²) in [6.07, 6.45) is 6.06. The predicted octanol–water partition coefficient (Wildman–Crippen LogP) is 4.41. The summed E-state index contributed by atoms with van der Waals surface area (Å²) in [6, 6.07) is 12.3. The lowest BCUT2D eigenvalue weighted by Gasteiger charge is -2.11. The second-order valence-corrected chi connectivity index (χ2v) is 8.01. The van der Waals surface area contributed by atoms with Gasteiger partial charge in [-0.05, 0) is 55.3 Å². The normalized spacial score (nSPS) is 13.6. The molecule has 32 heavy (non-hydrogen) atoms. The number of aromatic nitrogens is 4. The first-order chi connectivity index (χ1) is 15.6. The zero-order chi connectivity index (χ0) is 22.1. The van der Waals surface area contributed by atoms with E-state index in [1.165, 1.54) is 6.07 Å². The molecule has 0 fully saturated rings. The minimum Gasteiger partial charge on any atom is -0.497 e. The molecule has 0 unspecified atom stereocenters. The van der Waals surface area contributed by atoms with Crippen molar-refractivity contribution in [2.75, 3.05) is 12.4 Å². The lowest BCUT2D eigenvalue weighted by atomic mass is 10.1. The Morgan fingerprint density at radius 3 is 2.91 bits per heavy atom. The van der Waals surface area contributed by atoms with Gasteiger partial charge in [0, 0.05) is 35.6 Å². The number of amides is 1. The van der Waals surface area contributed by atoms with E-state index in [4.69, 9.17) is 4.74 Å². The zero-order valence-corrected chi connectivity index (χ0v) is 17.8. The molecule has 7 nitrogen and oxygen atoms in total. The van der Waals surface area contributed by atoms with Crippen molar-refractivity contribution in [2.45, 2.75) is 38.8 Å². The van der Waals surface area contributed by atoms with Gasteiger partial charge in [0.05, 0.1) is 12.8 Å². The molecular weight excluding hydrogens is 409 g/mol. The first-order valence-corrected chi connectivity index (χ1v) is 10.8. The molecule has 3 heterocycles. The summed E-state index contributed by atoms with van der Waals surface area (Å²) in [5.41, 5.74) is 1.78. The maximum Gasteiger partial charge on any atom is 0.244 e. The Kier molecular flexibility index (Phi) is 5.34.